The molecule has 0 fully saturated rings. The van der Waals surface area contributed by atoms with Crippen LogP contribution < -0.4 is 15.5 Å². The number of benzene rings is 3. The maximum Gasteiger partial charge on any atom is 0.249 e. The third-order valence-corrected chi connectivity index (χ3v) is 9.20. The van der Waals surface area contributed by atoms with E-state index >= 15 is 0 Å². The summed E-state index contributed by atoms with van der Waals surface area (Å²) >= 11 is 1.57. The average Bonchev–Trinajstić information content (AvgIpc) is 3.67. The highest BCUT2D eigenvalue weighted by Gasteiger charge is 2.34. The molecule has 0 aliphatic carbocycles. The lowest BCUT2D eigenvalue weighted by Gasteiger charge is -2.30. The Kier molecular flexibility index (Phi) is 9.04. The highest BCUT2D eigenvalue weighted by atomic mass is 32.1. The molecular formula is C36H39N5O4S. The van der Waals surface area contributed by atoms with Gasteiger partial charge in [0.1, 0.15) is 12.3 Å². The van der Waals surface area contributed by atoms with Crippen molar-refractivity contribution >= 4 is 39.6 Å². The lowest BCUT2D eigenvalue weighted by molar-refractivity contribution is -0.128. The van der Waals surface area contributed by atoms with Crippen LogP contribution in [-0.2, 0) is 22.6 Å². The summed E-state index contributed by atoms with van der Waals surface area (Å²) < 4.78 is 5.68. The molecule has 2 atom stereocenters. The molecule has 2 amide bonds. The summed E-state index contributed by atoms with van der Waals surface area (Å²) in [5.74, 6) is 0.633. The summed E-state index contributed by atoms with van der Waals surface area (Å²) in [5, 5.41) is 30.7. The van der Waals surface area contributed by atoms with Crippen LogP contribution >= 0.6 is 11.3 Å². The number of aryl methyl sites for hydroxylation is 2. The van der Waals surface area contributed by atoms with Crippen LogP contribution in [0.15, 0.2) is 75.8 Å². The number of thiophene rings is 1. The fourth-order valence-electron chi connectivity index (χ4n) is 6.17. The Balaban J connectivity index is 1.28. The lowest BCUT2D eigenvalue weighted by atomic mass is 9.97. The molecule has 3 N–H and O–H groups in total. The summed E-state index contributed by atoms with van der Waals surface area (Å²) in [5.41, 5.74) is 5.21. The Morgan fingerprint density at radius 3 is 2.59 bits per heavy atom. The van der Waals surface area contributed by atoms with Crippen molar-refractivity contribution in [3.63, 3.8) is 0 Å². The number of aliphatic hydroxyl groups excluding tert-OH is 1. The lowest BCUT2D eigenvalue weighted by Crippen LogP contribution is -2.52. The van der Waals surface area contributed by atoms with Crippen LogP contribution in [0, 0.1) is 6.92 Å². The van der Waals surface area contributed by atoms with Crippen LogP contribution in [-0.4, -0.2) is 44.9 Å². The van der Waals surface area contributed by atoms with Crippen molar-refractivity contribution in [3.05, 3.63) is 88.4 Å². The molecule has 5 aromatic rings. The minimum atomic E-state index is -0.707. The van der Waals surface area contributed by atoms with Crippen LogP contribution in [0.4, 0.5) is 5.69 Å². The maximum atomic E-state index is 14.3. The zero-order chi connectivity index (χ0) is 32.4. The van der Waals surface area contributed by atoms with Gasteiger partial charge in [-0.1, -0.05) is 61.5 Å². The van der Waals surface area contributed by atoms with Crippen molar-refractivity contribution in [1.82, 2.24) is 20.8 Å². The van der Waals surface area contributed by atoms with E-state index < -0.39 is 17.8 Å². The number of rotatable bonds is 10. The van der Waals surface area contributed by atoms with Crippen LogP contribution in [0.3, 0.4) is 0 Å². The average molecular weight is 638 g/mol. The van der Waals surface area contributed by atoms with Gasteiger partial charge in [-0.25, -0.2) is 0 Å². The van der Waals surface area contributed by atoms with Crippen LogP contribution in [0.5, 0.6) is 0 Å². The fourth-order valence-corrected chi connectivity index (χ4v) is 7.00. The third-order valence-electron chi connectivity index (χ3n) is 8.46. The Morgan fingerprint density at radius 1 is 1.09 bits per heavy atom. The van der Waals surface area contributed by atoms with Crippen molar-refractivity contribution in [2.75, 3.05) is 4.90 Å². The molecule has 2 unspecified atom stereocenters. The van der Waals surface area contributed by atoms with E-state index in [2.05, 4.69) is 44.4 Å². The zero-order valence-electron chi connectivity index (χ0n) is 26.5. The van der Waals surface area contributed by atoms with Gasteiger partial charge in [0.25, 0.3) is 0 Å². The molecule has 0 saturated heterocycles. The topological polar surface area (TPSA) is 121 Å². The van der Waals surface area contributed by atoms with Gasteiger partial charge in [-0.3, -0.25) is 14.9 Å². The van der Waals surface area contributed by atoms with Gasteiger partial charge >= 0.3 is 0 Å². The molecule has 6 rings (SSSR count). The molecule has 1 aliphatic rings. The first kappa shape index (κ1) is 31.6. The Bertz CT molecular complexity index is 1860. The van der Waals surface area contributed by atoms with Gasteiger partial charge in [-0.15, -0.1) is 10.2 Å². The van der Waals surface area contributed by atoms with E-state index in [1.807, 2.05) is 73.5 Å². The number of amides is 2. The first-order chi connectivity index (χ1) is 22.1. The number of aliphatic hydroxyl groups is 1. The number of carbonyl (C=O) groups excluding carboxylic acids is 2. The van der Waals surface area contributed by atoms with Crippen molar-refractivity contribution in [2.45, 2.75) is 77.7 Å². The minimum absolute atomic E-state index is 0.124. The van der Waals surface area contributed by atoms with Crippen LogP contribution in [0.1, 0.15) is 57.1 Å². The molecular weight excluding hydrogens is 598 g/mol. The number of hydrogen-bond acceptors (Lipinski definition) is 8. The second-order valence-electron chi connectivity index (χ2n) is 12.5. The second-order valence-corrected chi connectivity index (χ2v) is 13.3. The van der Waals surface area contributed by atoms with Crippen LogP contribution in [0.2, 0.25) is 0 Å². The van der Waals surface area contributed by atoms with E-state index in [4.69, 9.17) is 4.42 Å². The highest BCUT2D eigenvalue weighted by molar-refractivity contribution is 7.08. The van der Waals surface area contributed by atoms with Gasteiger partial charge in [-0.2, -0.15) is 11.3 Å². The number of nitrogens with zero attached hydrogens (tertiary/aromatic N) is 3. The molecule has 0 spiro atoms. The molecule has 2 aromatic heterocycles. The molecule has 46 heavy (non-hydrogen) atoms. The number of aromatic nitrogens is 2. The Hall–Kier alpha value is -4.38. The normalized spacial score (nSPS) is 15.9. The van der Waals surface area contributed by atoms with E-state index in [0.29, 0.717) is 37.6 Å². The zero-order valence-corrected chi connectivity index (χ0v) is 27.4. The van der Waals surface area contributed by atoms with Gasteiger partial charge in [-0.05, 0) is 72.0 Å². The largest absolute Gasteiger partial charge is 0.421 e. The van der Waals surface area contributed by atoms with E-state index in [1.54, 1.807) is 18.3 Å². The molecule has 238 valence electrons. The molecule has 10 heteroatoms. The maximum absolute atomic E-state index is 14.3. The SMILES string of the molecule is CCC(O)NC(C)(C)CC(=O)NC1CCc2c(ccc3ccccc23)N(Cc2ccc(-c3cscc3-c3nnc(C)o3)cc2)C1=O. The van der Waals surface area contributed by atoms with Crippen molar-refractivity contribution in [2.24, 2.45) is 0 Å². The van der Waals surface area contributed by atoms with E-state index in [1.165, 1.54) is 0 Å². The summed E-state index contributed by atoms with van der Waals surface area (Å²) in [7, 11) is 0. The molecule has 9 nitrogen and oxygen atoms in total. The predicted octanol–water partition coefficient (Wildman–Crippen LogP) is 6.38. The summed E-state index contributed by atoms with van der Waals surface area (Å²) in [6, 6.07) is 19.8. The number of fused-ring (bicyclic) bond motifs is 3. The van der Waals surface area contributed by atoms with Gasteiger partial charge < -0.3 is 19.7 Å². The van der Waals surface area contributed by atoms with Crippen molar-refractivity contribution in [3.8, 4) is 22.6 Å². The van der Waals surface area contributed by atoms with E-state index in [0.717, 1.165) is 44.3 Å². The van der Waals surface area contributed by atoms with Gasteiger partial charge in [0.05, 0.1) is 12.1 Å². The summed E-state index contributed by atoms with van der Waals surface area (Å²) in [6.07, 6.45) is 1.08. The molecule has 3 heterocycles. The monoisotopic (exact) mass is 637 g/mol. The number of hydrogen-bond donors (Lipinski definition) is 3. The first-order valence-corrected chi connectivity index (χ1v) is 16.6. The Labute approximate surface area is 272 Å². The van der Waals surface area contributed by atoms with E-state index in [9.17, 15) is 14.7 Å². The van der Waals surface area contributed by atoms with Crippen molar-refractivity contribution < 1.29 is 19.1 Å². The number of carbonyl (C=O) groups is 2. The summed E-state index contributed by atoms with van der Waals surface area (Å²) in [4.78, 5) is 29.3. The number of anilines is 1. The second kappa shape index (κ2) is 13.2. The molecule has 3 aromatic carbocycles. The summed E-state index contributed by atoms with van der Waals surface area (Å²) in [6.45, 7) is 7.75. The molecule has 1 aliphatic heterocycles. The van der Waals surface area contributed by atoms with E-state index in [-0.39, 0.29) is 18.2 Å². The highest BCUT2D eigenvalue weighted by Crippen LogP contribution is 2.37. The fraction of sp³-hybridized carbons (Fsp3) is 0.333. The minimum Gasteiger partial charge on any atom is -0.421 e. The van der Waals surface area contributed by atoms with Gasteiger partial charge in [0.2, 0.25) is 23.6 Å². The molecule has 0 radical (unpaired) electrons. The third kappa shape index (κ3) is 6.74. The van der Waals surface area contributed by atoms with Gasteiger partial charge in [0.15, 0.2) is 0 Å². The van der Waals surface area contributed by atoms with Crippen molar-refractivity contribution in [1.29, 1.82) is 0 Å². The number of nitrogens with one attached hydrogen (secondary N) is 2. The smallest absolute Gasteiger partial charge is 0.249 e. The molecule has 0 bridgehead atoms. The standard InChI is InChI=1S/C36H39N5O4S/c1-5-32(42)38-36(3,4)18-33(43)37-30-16-15-27-26-9-7-6-8-24(26)14-17-31(27)41(35(30)44)19-23-10-12-25(13-11-23)28-20-46-21-29(28)34-40-39-22(2)45-34/h6-14,17,20-21,30,32,38,42H,5,15-16,18-19H2,1-4H3,(H,37,43). The quantitative estimate of drug-likeness (QED) is 0.152. The van der Waals surface area contributed by atoms with Gasteiger partial charge in [0, 0.05) is 35.5 Å². The first-order valence-electron chi connectivity index (χ1n) is 15.6. The Morgan fingerprint density at radius 2 is 1.85 bits per heavy atom. The predicted molar refractivity (Wildman–Crippen MR) is 181 cm³/mol. The molecule has 0 saturated carbocycles. The van der Waals surface area contributed by atoms with Crippen LogP contribution in [0.25, 0.3) is 33.4 Å².